The van der Waals surface area contributed by atoms with Crippen molar-refractivity contribution >= 4 is 29.9 Å². The quantitative estimate of drug-likeness (QED) is 0.385. The van der Waals surface area contributed by atoms with E-state index in [2.05, 4.69) is 20.7 Å². The molecule has 1 aromatic heterocycles. The lowest BCUT2D eigenvalue weighted by Gasteiger charge is -2.32. The SMILES string of the molecule is CCNC(=NCc1ccnn1C)NCC1(O)CCCCC1.I. The Morgan fingerprint density at radius 1 is 1.36 bits per heavy atom. The van der Waals surface area contributed by atoms with E-state index in [4.69, 9.17) is 0 Å². The Balaban J connectivity index is 0.00000242. The van der Waals surface area contributed by atoms with Crippen molar-refractivity contribution in [3.05, 3.63) is 18.0 Å². The topological polar surface area (TPSA) is 74.5 Å². The first kappa shape index (κ1) is 19.2. The number of guanidine groups is 1. The van der Waals surface area contributed by atoms with Crippen molar-refractivity contribution in [1.82, 2.24) is 20.4 Å². The van der Waals surface area contributed by atoms with Crippen LogP contribution in [-0.4, -0.2) is 39.5 Å². The summed E-state index contributed by atoms with van der Waals surface area (Å²) >= 11 is 0. The van der Waals surface area contributed by atoms with Crippen molar-refractivity contribution in [2.75, 3.05) is 13.1 Å². The Bertz CT molecular complexity index is 468. The van der Waals surface area contributed by atoms with Crippen molar-refractivity contribution in [2.45, 2.75) is 51.2 Å². The Labute approximate surface area is 149 Å². The van der Waals surface area contributed by atoms with Gasteiger partial charge in [0.2, 0.25) is 0 Å². The molecule has 0 atom stereocenters. The fraction of sp³-hybridized carbons (Fsp3) is 0.733. The van der Waals surface area contributed by atoms with Crippen molar-refractivity contribution < 1.29 is 5.11 Å². The number of nitrogens with zero attached hydrogens (tertiary/aromatic N) is 3. The van der Waals surface area contributed by atoms with E-state index in [1.165, 1.54) is 6.42 Å². The number of hydrogen-bond acceptors (Lipinski definition) is 3. The first-order chi connectivity index (χ1) is 10.1. The van der Waals surface area contributed by atoms with Crippen molar-refractivity contribution in [3.8, 4) is 0 Å². The summed E-state index contributed by atoms with van der Waals surface area (Å²) in [7, 11) is 1.91. The number of aromatic nitrogens is 2. The normalized spacial score (nSPS) is 17.7. The van der Waals surface area contributed by atoms with E-state index in [1.807, 2.05) is 24.7 Å². The minimum atomic E-state index is -0.582. The molecule has 126 valence electrons. The smallest absolute Gasteiger partial charge is 0.191 e. The Morgan fingerprint density at radius 2 is 2.09 bits per heavy atom. The molecule has 1 aliphatic carbocycles. The van der Waals surface area contributed by atoms with E-state index in [0.29, 0.717) is 13.1 Å². The van der Waals surface area contributed by atoms with Crippen LogP contribution in [0.25, 0.3) is 0 Å². The molecule has 1 fully saturated rings. The fourth-order valence-electron chi connectivity index (χ4n) is 2.69. The molecule has 0 saturated heterocycles. The molecule has 1 aromatic rings. The largest absolute Gasteiger partial charge is 0.388 e. The van der Waals surface area contributed by atoms with E-state index >= 15 is 0 Å². The molecule has 0 amide bonds. The molecule has 0 aromatic carbocycles. The summed E-state index contributed by atoms with van der Waals surface area (Å²) in [6.07, 6.45) is 6.98. The number of aryl methyl sites for hydroxylation is 1. The minimum absolute atomic E-state index is 0. The second-order valence-corrected chi connectivity index (χ2v) is 5.78. The van der Waals surface area contributed by atoms with Gasteiger partial charge in [-0.2, -0.15) is 5.10 Å². The predicted octanol–water partition coefficient (Wildman–Crippen LogP) is 1.79. The van der Waals surface area contributed by atoms with Crippen LogP contribution in [0.2, 0.25) is 0 Å². The van der Waals surface area contributed by atoms with Crippen LogP contribution in [0.3, 0.4) is 0 Å². The standard InChI is InChI=1S/C15H27N5O.HI/c1-3-16-14(17-11-13-7-10-19-20(13)2)18-12-15(21)8-5-4-6-9-15;/h7,10,21H,3-6,8-9,11-12H2,1-2H3,(H2,16,17,18);1H. The molecule has 3 N–H and O–H groups in total. The average Bonchev–Trinajstić information content (AvgIpc) is 2.88. The number of hydrogen-bond donors (Lipinski definition) is 3. The molecule has 0 radical (unpaired) electrons. The average molecular weight is 421 g/mol. The summed E-state index contributed by atoms with van der Waals surface area (Å²) in [4.78, 5) is 4.55. The Morgan fingerprint density at radius 3 is 2.68 bits per heavy atom. The summed E-state index contributed by atoms with van der Waals surface area (Å²) in [5.74, 6) is 0.748. The second-order valence-electron chi connectivity index (χ2n) is 5.78. The monoisotopic (exact) mass is 421 g/mol. The molecule has 7 heteroatoms. The third-order valence-corrected chi connectivity index (χ3v) is 4.04. The molecule has 0 aliphatic heterocycles. The van der Waals surface area contributed by atoms with Crippen LogP contribution in [0, 0.1) is 0 Å². The second kappa shape index (κ2) is 9.34. The Hall–Kier alpha value is -0.830. The first-order valence-corrected chi connectivity index (χ1v) is 7.84. The van der Waals surface area contributed by atoms with Crippen LogP contribution < -0.4 is 10.6 Å². The molecule has 2 rings (SSSR count). The molecule has 1 heterocycles. The number of rotatable bonds is 5. The molecule has 0 unspecified atom stereocenters. The maximum absolute atomic E-state index is 10.5. The molecule has 0 spiro atoms. The summed E-state index contributed by atoms with van der Waals surface area (Å²) in [6, 6.07) is 1.96. The van der Waals surface area contributed by atoms with E-state index < -0.39 is 5.60 Å². The van der Waals surface area contributed by atoms with Crippen LogP contribution in [0.4, 0.5) is 0 Å². The van der Waals surface area contributed by atoms with Gasteiger partial charge in [0.1, 0.15) is 0 Å². The van der Waals surface area contributed by atoms with Gasteiger partial charge in [0, 0.05) is 26.3 Å². The number of nitrogens with one attached hydrogen (secondary N) is 2. The third kappa shape index (κ3) is 5.75. The van der Waals surface area contributed by atoms with Gasteiger partial charge in [-0.25, -0.2) is 4.99 Å². The highest BCUT2D eigenvalue weighted by atomic mass is 127. The number of halogens is 1. The van der Waals surface area contributed by atoms with Crippen molar-refractivity contribution in [1.29, 1.82) is 0 Å². The van der Waals surface area contributed by atoms with E-state index in [-0.39, 0.29) is 24.0 Å². The van der Waals surface area contributed by atoms with Crippen molar-refractivity contribution in [2.24, 2.45) is 12.0 Å². The van der Waals surface area contributed by atoms with Gasteiger partial charge < -0.3 is 15.7 Å². The Kier molecular flexibility index (Phi) is 8.16. The zero-order chi connectivity index (χ0) is 15.1. The molecule has 1 saturated carbocycles. The highest BCUT2D eigenvalue weighted by Crippen LogP contribution is 2.27. The maximum atomic E-state index is 10.5. The van der Waals surface area contributed by atoms with E-state index in [0.717, 1.165) is 43.9 Å². The van der Waals surface area contributed by atoms with Crippen LogP contribution >= 0.6 is 24.0 Å². The number of aliphatic hydroxyl groups is 1. The van der Waals surface area contributed by atoms with Gasteiger partial charge in [-0.1, -0.05) is 19.3 Å². The first-order valence-electron chi connectivity index (χ1n) is 7.84. The fourth-order valence-corrected chi connectivity index (χ4v) is 2.69. The van der Waals surface area contributed by atoms with Crippen molar-refractivity contribution in [3.63, 3.8) is 0 Å². The van der Waals surface area contributed by atoms with Crippen LogP contribution in [0.5, 0.6) is 0 Å². The molecule has 1 aliphatic rings. The molecule has 6 nitrogen and oxygen atoms in total. The zero-order valence-electron chi connectivity index (χ0n) is 13.5. The van der Waals surface area contributed by atoms with Gasteiger partial charge in [-0.3, -0.25) is 4.68 Å². The molecular weight excluding hydrogens is 393 g/mol. The van der Waals surface area contributed by atoms with Gasteiger partial charge in [0.15, 0.2) is 5.96 Å². The summed E-state index contributed by atoms with van der Waals surface area (Å²) < 4.78 is 1.82. The van der Waals surface area contributed by atoms with Gasteiger partial charge in [0.25, 0.3) is 0 Å². The summed E-state index contributed by atoms with van der Waals surface area (Å²) in [5, 5.41) is 21.2. The van der Waals surface area contributed by atoms with Gasteiger partial charge in [-0.05, 0) is 25.8 Å². The third-order valence-electron chi connectivity index (χ3n) is 4.04. The number of aliphatic imine (C=N–C) groups is 1. The zero-order valence-corrected chi connectivity index (χ0v) is 15.8. The molecule has 22 heavy (non-hydrogen) atoms. The molecule has 0 bridgehead atoms. The lowest BCUT2D eigenvalue weighted by molar-refractivity contribution is 0.00859. The van der Waals surface area contributed by atoms with Gasteiger partial charge in [-0.15, -0.1) is 24.0 Å². The summed E-state index contributed by atoms with van der Waals surface area (Å²) in [5.41, 5.74) is 0.477. The highest BCUT2D eigenvalue weighted by Gasteiger charge is 2.29. The highest BCUT2D eigenvalue weighted by molar-refractivity contribution is 14.0. The lowest BCUT2D eigenvalue weighted by atomic mass is 9.85. The van der Waals surface area contributed by atoms with Gasteiger partial charge >= 0.3 is 0 Å². The summed E-state index contributed by atoms with van der Waals surface area (Å²) in [6.45, 7) is 3.97. The minimum Gasteiger partial charge on any atom is -0.388 e. The van der Waals surface area contributed by atoms with Gasteiger partial charge in [0.05, 0.1) is 17.8 Å². The van der Waals surface area contributed by atoms with Crippen LogP contribution in [0.1, 0.15) is 44.7 Å². The molecular formula is C15H28IN5O. The van der Waals surface area contributed by atoms with E-state index in [9.17, 15) is 5.11 Å². The maximum Gasteiger partial charge on any atom is 0.191 e. The van der Waals surface area contributed by atoms with E-state index in [1.54, 1.807) is 6.20 Å². The van der Waals surface area contributed by atoms with Crippen LogP contribution in [0.15, 0.2) is 17.3 Å². The van der Waals surface area contributed by atoms with Crippen LogP contribution in [-0.2, 0) is 13.6 Å². The lowest BCUT2D eigenvalue weighted by Crippen LogP contribution is -2.48. The predicted molar refractivity (Wildman–Crippen MR) is 99.5 cm³/mol.